The molecule has 2 fully saturated rings. The number of hydrogen-bond acceptors (Lipinski definition) is 6. The van der Waals surface area contributed by atoms with E-state index in [0.717, 1.165) is 43.7 Å². The molecule has 0 bridgehead atoms. The number of ether oxygens (including phenoxy) is 2. The fourth-order valence-corrected chi connectivity index (χ4v) is 5.19. The molecule has 8 heteroatoms. The molecule has 3 N–H and O–H groups in total. The molecule has 0 saturated carbocycles. The number of benzene rings is 3. The van der Waals surface area contributed by atoms with Gasteiger partial charge < -0.3 is 30.3 Å². The maximum absolute atomic E-state index is 13.1. The first-order chi connectivity index (χ1) is 19.4. The van der Waals surface area contributed by atoms with Crippen LogP contribution in [-0.4, -0.2) is 56.8 Å². The van der Waals surface area contributed by atoms with E-state index < -0.39 is 0 Å². The van der Waals surface area contributed by atoms with E-state index in [0.29, 0.717) is 48.1 Å². The second-order valence-electron chi connectivity index (χ2n) is 10.8. The summed E-state index contributed by atoms with van der Waals surface area (Å²) in [6.07, 6.45) is 3.26. The van der Waals surface area contributed by atoms with Crippen LogP contribution >= 0.6 is 0 Å². The van der Waals surface area contributed by atoms with Crippen LogP contribution in [0.25, 0.3) is 0 Å². The number of morpholine rings is 1. The number of amides is 2. The van der Waals surface area contributed by atoms with E-state index in [1.165, 1.54) is 6.42 Å². The van der Waals surface area contributed by atoms with E-state index in [9.17, 15) is 9.59 Å². The van der Waals surface area contributed by atoms with Gasteiger partial charge in [0.2, 0.25) is 0 Å². The second-order valence-corrected chi connectivity index (χ2v) is 10.8. The number of carbonyl (C=O) groups excluding carboxylic acids is 2. The van der Waals surface area contributed by atoms with Gasteiger partial charge in [0.1, 0.15) is 5.75 Å². The van der Waals surface area contributed by atoms with Gasteiger partial charge in [0, 0.05) is 46.8 Å². The topological polar surface area (TPSA) is 91.9 Å². The Hall–Kier alpha value is -3.88. The largest absolute Gasteiger partial charge is 0.494 e. The molecular formula is C32H38N4O4. The first kappa shape index (κ1) is 27.7. The lowest BCUT2D eigenvalue weighted by molar-refractivity contribution is 0.101. The van der Waals surface area contributed by atoms with Crippen molar-refractivity contribution in [1.29, 1.82) is 0 Å². The van der Waals surface area contributed by atoms with Crippen molar-refractivity contribution in [2.45, 2.75) is 38.6 Å². The van der Waals surface area contributed by atoms with Gasteiger partial charge in [0.05, 0.1) is 19.8 Å². The predicted molar refractivity (Wildman–Crippen MR) is 159 cm³/mol. The van der Waals surface area contributed by atoms with E-state index in [-0.39, 0.29) is 17.4 Å². The average Bonchev–Trinajstić information content (AvgIpc) is 3.41. The number of rotatable bonds is 9. The Morgan fingerprint density at radius 3 is 2.50 bits per heavy atom. The third-order valence-electron chi connectivity index (χ3n) is 7.70. The minimum atomic E-state index is -0.236. The first-order valence-electron chi connectivity index (χ1n) is 14.0. The smallest absolute Gasteiger partial charge is 0.255 e. The molecule has 1 atom stereocenters. The molecule has 0 radical (unpaired) electrons. The lowest BCUT2D eigenvalue weighted by atomic mass is 9.97. The van der Waals surface area contributed by atoms with E-state index in [1.54, 1.807) is 24.3 Å². The number of carbonyl (C=O) groups is 2. The van der Waals surface area contributed by atoms with Crippen molar-refractivity contribution in [2.24, 2.45) is 0 Å². The summed E-state index contributed by atoms with van der Waals surface area (Å²) in [4.78, 5) is 28.4. The molecule has 3 aromatic rings. The summed E-state index contributed by atoms with van der Waals surface area (Å²) >= 11 is 0. The Balaban J connectivity index is 1.21. The molecule has 210 valence electrons. The zero-order valence-corrected chi connectivity index (χ0v) is 23.3. The summed E-state index contributed by atoms with van der Waals surface area (Å²) < 4.78 is 11.4. The van der Waals surface area contributed by atoms with Crippen molar-refractivity contribution in [3.05, 3.63) is 83.4 Å². The van der Waals surface area contributed by atoms with Gasteiger partial charge in [0.15, 0.2) is 0 Å². The van der Waals surface area contributed by atoms with Crippen molar-refractivity contribution in [2.75, 3.05) is 55.0 Å². The number of aryl methyl sites for hydroxylation is 1. The number of hydrogen-bond donors (Lipinski definition) is 3. The highest BCUT2D eigenvalue weighted by Crippen LogP contribution is 2.25. The fourth-order valence-electron chi connectivity index (χ4n) is 5.19. The maximum atomic E-state index is 13.1. The van der Waals surface area contributed by atoms with Crippen LogP contribution in [-0.2, 0) is 4.74 Å². The van der Waals surface area contributed by atoms with Crippen LogP contribution in [0.15, 0.2) is 66.7 Å². The van der Waals surface area contributed by atoms with Crippen LogP contribution < -0.4 is 25.6 Å². The second kappa shape index (κ2) is 12.5. The van der Waals surface area contributed by atoms with Gasteiger partial charge in [-0.15, -0.1) is 0 Å². The van der Waals surface area contributed by atoms with Crippen molar-refractivity contribution in [3.8, 4) is 5.75 Å². The van der Waals surface area contributed by atoms with Gasteiger partial charge >= 0.3 is 0 Å². The van der Waals surface area contributed by atoms with Crippen LogP contribution in [0.1, 0.15) is 52.5 Å². The summed E-state index contributed by atoms with van der Waals surface area (Å²) in [5, 5.41) is 9.51. The van der Waals surface area contributed by atoms with Crippen LogP contribution in [0.5, 0.6) is 5.75 Å². The van der Waals surface area contributed by atoms with Crippen molar-refractivity contribution < 1.29 is 19.1 Å². The molecule has 0 spiro atoms. The number of nitrogens with one attached hydrogen (secondary N) is 3. The quantitative estimate of drug-likeness (QED) is 0.342. The van der Waals surface area contributed by atoms with E-state index >= 15 is 0 Å². The predicted octanol–water partition coefficient (Wildman–Crippen LogP) is 5.25. The molecule has 3 aromatic carbocycles. The Kier molecular flexibility index (Phi) is 8.67. The van der Waals surface area contributed by atoms with Crippen LogP contribution in [0.3, 0.4) is 0 Å². The van der Waals surface area contributed by atoms with E-state index in [2.05, 4.69) is 27.8 Å². The standard InChI is InChI=1S/C32H38N4O4/c1-23-10-11-26(34-30(37)24-6-3-8-27(20-24)36-15-18-39-19-16-36)22-29(23)35-31(38)25-7-4-9-28(21-25)40-17-13-32(2)12-5-14-33-32/h3-4,6-11,20-22,33H,5,12-19H2,1-2H3,(H,34,37)(H,35,38). The lowest BCUT2D eigenvalue weighted by Gasteiger charge is -2.29. The minimum absolute atomic E-state index is 0.124. The van der Waals surface area contributed by atoms with E-state index in [4.69, 9.17) is 9.47 Å². The van der Waals surface area contributed by atoms with Crippen LogP contribution in [0, 0.1) is 6.92 Å². The van der Waals surface area contributed by atoms with Crippen molar-refractivity contribution in [1.82, 2.24) is 5.32 Å². The van der Waals surface area contributed by atoms with Gasteiger partial charge in [-0.05, 0) is 93.7 Å². The molecule has 0 aromatic heterocycles. The molecule has 40 heavy (non-hydrogen) atoms. The summed E-state index contributed by atoms with van der Waals surface area (Å²) in [6, 6.07) is 20.3. The average molecular weight is 543 g/mol. The van der Waals surface area contributed by atoms with Gasteiger partial charge in [0.25, 0.3) is 11.8 Å². The Bertz CT molecular complexity index is 1350. The molecule has 2 heterocycles. The first-order valence-corrected chi connectivity index (χ1v) is 14.0. The van der Waals surface area contributed by atoms with Crippen LogP contribution in [0.2, 0.25) is 0 Å². The van der Waals surface area contributed by atoms with Gasteiger partial charge in [-0.1, -0.05) is 18.2 Å². The maximum Gasteiger partial charge on any atom is 0.255 e. The molecule has 8 nitrogen and oxygen atoms in total. The number of nitrogens with zero attached hydrogens (tertiary/aromatic N) is 1. The minimum Gasteiger partial charge on any atom is -0.494 e. The molecule has 0 aliphatic carbocycles. The molecule has 2 saturated heterocycles. The Morgan fingerprint density at radius 2 is 1.73 bits per heavy atom. The van der Waals surface area contributed by atoms with E-state index in [1.807, 2.05) is 49.4 Å². The highest BCUT2D eigenvalue weighted by Gasteiger charge is 2.27. The highest BCUT2D eigenvalue weighted by molar-refractivity contribution is 6.07. The Morgan fingerprint density at radius 1 is 0.975 bits per heavy atom. The van der Waals surface area contributed by atoms with Crippen molar-refractivity contribution >= 4 is 28.9 Å². The Labute approximate surface area is 236 Å². The third-order valence-corrected chi connectivity index (χ3v) is 7.70. The zero-order valence-electron chi connectivity index (χ0n) is 23.3. The molecular weight excluding hydrogens is 504 g/mol. The van der Waals surface area contributed by atoms with Crippen LogP contribution in [0.4, 0.5) is 17.1 Å². The summed E-state index contributed by atoms with van der Waals surface area (Å²) in [5.41, 5.74) is 4.35. The molecule has 1 unspecified atom stereocenters. The number of anilines is 3. The molecule has 2 amide bonds. The molecule has 5 rings (SSSR count). The summed E-state index contributed by atoms with van der Waals surface area (Å²) in [5.74, 6) is 0.230. The van der Waals surface area contributed by atoms with Gasteiger partial charge in [-0.3, -0.25) is 9.59 Å². The monoisotopic (exact) mass is 542 g/mol. The van der Waals surface area contributed by atoms with Gasteiger partial charge in [-0.25, -0.2) is 0 Å². The zero-order chi connectivity index (χ0) is 28.0. The third kappa shape index (κ3) is 7.00. The van der Waals surface area contributed by atoms with Gasteiger partial charge in [-0.2, -0.15) is 0 Å². The highest BCUT2D eigenvalue weighted by atomic mass is 16.5. The normalized spacial score (nSPS) is 18.8. The van der Waals surface area contributed by atoms with Crippen molar-refractivity contribution in [3.63, 3.8) is 0 Å². The summed E-state index contributed by atoms with van der Waals surface area (Å²) in [6.45, 7) is 8.77. The lowest BCUT2D eigenvalue weighted by Crippen LogP contribution is -2.37. The SMILES string of the molecule is Cc1ccc(NC(=O)c2cccc(N3CCOCC3)c2)cc1NC(=O)c1cccc(OCCC2(C)CCCN2)c1. The fraction of sp³-hybridized carbons (Fsp3) is 0.375. The summed E-state index contributed by atoms with van der Waals surface area (Å²) in [7, 11) is 0. The molecule has 2 aliphatic rings. The molecule has 2 aliphatic heterocycles.